The molecule has 0 fully saturated rings. The van der Waals surface area contributed by atoms with Gasteiger partial charge in [-0.05, 0) is 0 Å². The van der Waals surface area contributed by atoms with E-state index in [-0.39, 0.29) is 18.0 Å². The first-order chi connectivity index (χ1) is 7.96. The van der Waals surface area contributed by atoms with E-state index in [1.54, 1.807) is 6.92 Å². The lowest BCUT2D eigenvalue weighted by Gasteiger charge is -2.11. The Bertz CT molecular complexity index is 501. The van der Waals surface area contributed by atoms with Crippen LogP contribution in [-0.2, 0) is 10.0 Å². The van der Waals surface area contributed by atoms with Crippen LogP contribution in [0.1, 0.15) is 6.92 Å². The second kappa shape index (κ2) is 5.33. The quantitative estimate of drug-likeness (QED) is 0.865. The zero-order valence-corrected chi connectivity index (χ0v) is 10.6. The average molecular weight is 263 g/mol. The normalized spacial score (nSPS) is 11.3. The third-order valence-corrected chi connectivity index (χ3v) is 3.62. The second-order valence-electron chi connectivity index (χ2n) is 3.14. The van der Waals surface area contributed by atoms with Gasteiger partial charge in [-0.3, -0.25) is 0 Å². The van der Waals surface area contributed by atoms with E-state index in [0.29, 0.717) is 0 Å². The molecule has 96 valence electrons. The van der Waals surface area contributed by atoms with Gasteiger partial charge < -0.3 is 9.47 Å². The predicted molar refractivity (Wildman–Crippen MR) is 60.4 cm³/mol. The van der Waals surface area contributed by atoms with E-state index in [0.717, 1.165) is 12.1 Å². The summed E-state index contributed by atoms with van der Waals surface area (Å²) in [5.41, 5.74) is 0. The highest BCUT2D eigenvalue weighted by Crippen LogP contribution is 2.31. The zero-order valence-electron chi connectivity index (χ0n) is 9.78. The van der Waals surface area contributed by atoms with Gasteiger partial charge in [-0.15, -0.1) is 0 Å². The van der Waals surface area contributed by atoms with E-state index >= 15 is 0 Å². The summed E-state index contributed by atoms with van der Waals surface area (Å²) >= 11 is 0. The van der Waals surface area contributed by atoms with Crippen LogP contribution < -0.4 is 14.2 Å². The van der Waals surface area contributed by atoms with Crippen LogP contribution in [-0.4, -0.2) is 29.2 Å². The van der Waals surface area contributed by atoms with Crippen molar-refractivity contribution in [2.75, 3.05) is 20.8 Å². The molecule has 0 heterocycles. The molecule has 17 heavy (non-hydrogen) atoms. The molecule has 0 spiro atoms. The van der Waals surface area contributed by atoms with Crippen molar-refractivity contribution in [3.8, 4) is 11.5 Å². The van der Waals surface area contributed by atoms with E-state index in [2.05, 4.69) is 4.72 Å². The maximum Gasteiger partial charge on any atom is 0.243 e. The molecule has 1 aromatic rings. The fourth-order valence-electron chi connectivity index (χ4n) is 1.31. The topological polar surface area (TPSA) is 64.6 Å². The standard InChI is InChI=1S/C10H14FNO4S/c1-4-12-17(13,14)10-6-9(16-3)8(15-2)5-7(10)11/h5-6,12H,4H2,1-3H3. The molecule has 1 N–H and O–H groups in total. The SMILES string of the molecule is CCNS(=O)(=O)c1cc(OC)c(OC)cc1F. The maximum absolute atomic E-state index is 13.6. The number of rotatable bonds is 5. The minimum absolute atomic E-state index is 0.139. The highest BCUT2D eigenvalue weighted by Gasteiger charge is 2.21. The van der Waals surface area contributed by atoms with Crippen LogP contribution in [0.2, 0.25) is 0 Å². The summed E-state index contributed by atoms with van der Waals surface area (Å²) in [6.07, 6.45) is 0. The lowest BCUT2D eigenvalue weighted by Crippen LogP contribution is -2.24. The van der Waals surface area contributed by atoms with E-state index < -0.39 is 20.7 Å². The van der Waals surface area contributed by atoms with Crippen molar-refractivity contribution in [1.82, 2.24) is 4.72 Å². The van der Waals surface area contributed by atoms with Crippen LogP contribution >= 0.6 is 0 Å². The predicted octanol–water partition coefficient (Wildman–Crippen LogP) is 1.14. The Hall–Kier alpha value is -1.34. The molecule has 7 heteroatoms. The van der Waals surface area contributed by atoms with Crippen molar-refractivity contribution in [3.05, 3.63) is 17.9 Å². The Labute approximate surface area is 99.6 Å². The van der Waals surface area contributed by atoms with Crippen LogP contribution in [0.25, 0.3) is 0 Å². The van der Waals surface area contributed by atoms with E-state index in [1.807, 2.05) is 0 Å². The second-order valence-corrected chi connectivity index (χ2v) is 4.87. The van der Waals surface area contributed by atoms with Gasteiger partial charge in [0.25, 0.3) is 0 Å². The van der Waals surface area contributed by atoms with Crippen molar-refractivity contribution < 1.29 is 22.3 Å². The van der Waals surface area contributed by atoms with E-state index in [4.69, 9.17) is 9.47 Å². The summed E-state index contributed by atoms with van der Waals surface area (Å²) in [6, 6.07) is 2.06. The van der Waals surface area contributed by atoms with Crippen molar-refractivity contribution in [3.63, 3.8) is 0 Å². The molecule has 0 amide bonds. The lowest BCUT2D eigenvalue weighted by molar-refractivity contribution is 0.350. The number of sulfonamides is 1. The van der Waals surface area contributed by atoms with Crippen molar-refractivity contribution in [2.45, 2.75) is 11.8 Å². The van der Waals surface area contributed by atoms with Crippen molar-refractivity contribution in [2.24, 2.45) is 0 Å². The third-order valence-electron chi connectivity index (χ3n) is 2.06. The molecule has 0 aliphatic heterocycles. The molecular formula is C10H14FNO4S. The molecule has 0 radical (unpaired) electrons. The first-order valence-electron chi connectivity index (χ1n) is 4.87. The summed E-state index contributed by atoms with van der Waals surface area (Å²) in [5, 5.41) is 0. The maximum atomic E-state index is 13.6. The summed E-state index contributed by atoms with van der Waals surface area (Å²) in [5.74, 6) is -0.588. The van der Waals surface area contributed by atoms with Crippen molar-refractivity contribution in [1.29, 1.82) is 0 Å². The van der Waals surface area contributed by atoms with E-state index in [1.165, 1.54) is 14.2 Å². The molecule has 0 aliphatic carbocycles. The fourth-order valence-corrected chi connectivity index (χ4v) is 2.42. The number of ether oxygens (including phenoxy) is 2. The number of halogens is 1. The molecule has 0 aliphatic rings. The Morgan fingerprint density at radius 2 is 1.76 bits per heavy atom. The molecule has 0 saturated carbocycles. The molecule has 1 rings (SSSR count). The first kappa shape index (κ1) is 13.7. The Morgan fingerprint density at radius 1 is 1.24 bits per heavy atom. The molecular weight excluding hydrogens is 249 g/mol. The van der Waals surface area contributed by atoms with Crippen LogP contribution in [0.3, 0.4) is 0 Å². The third kappa shape index (κ3) is 2.86. The molecule has 5 nitrogen and oxygen atoms in total. The fraction of sp³-hybridized carbons (Fsp3) is 0.400. The monoisotopic (exact) mass is 263 g/mol. The highest BCUT2D eigenvalue weighted by atomic mass is 32.2. The molecule has 0 saturated heterocycles. The molecule has 0 bridgehead atoms. The van der Waals surface area contributed by atoms with Gasteiger partial charge >= 0.3 is 0 Å². The van der Waals surface area contributed by atoms with E-state index in [9.17, 15) is 12.8 Å². The van der Waals surface area contributed by atoms with Gasteiger partial charge in [0.1, 0.15) is 10.7 Å². The minimum Gasteiger partial charge on any atom is -0.493 e. The van der Waals surface area contributed by atoms with Gasteiger partial charge in [0, 0.05) is 18.7 Å². The van der Waals surface area contributed by atoms with Crippen LogP contribution in [0.4, 0.5) is 4.39 Å². The summed E-state index contributed by atoms with van der Waals surface area (Å²) in [4.78, 5) is -0.461. The summed E-state index contributed by atoms with van der Waals surface area (Å²) < 4.78 is 49.0. The largest absolute Gasteiger partial charge is 0.493 e. The van der Waals surface area contributed by atoms with Crippen LogP contribution in [0.5, 0.6) is 11.5 Å². The van der Waals surface area contributed by atoms with Gasteiger partial charge in [-0.2, -0.15) is 0 Å². The van der Waals surface area contributed by atoms with Gasteiger partial charge in [0.15, 0.2) is 11.5 Å². The summed E-state index contributed by atoms with van der Waals surface area (Å²) in [7, 11) is -1.17. The molecule has 1 aromatic carbocycles. The zero-order chi connectivity index (χ0) is 13.1. The Morgan fingerprint density at radius 3 is 2.24 bits per heavy atom. The Balaban J connectivity index is 3.36. The minimum atomic E-state index is -3.86. The number of nitrogens with one attached hydrogen (secondary N) is 1. The number of benzene rings is 1. The van der Waals surface area contributed by atoms with Crippen LogP contribution in [0.15, 0.2) is 17.0 Å². The summed E-state index contributed by atoms with van der Waals surface area (Å²) in [6.45, 7) is 1.78. The van der Waals surface area contributed by atoms with Gasteiger partial charge in [0.2, 0.25) is 10.0 Å². The van der Waals surface area contributed by atoms with Crippen LogP contribution in [0, 0.1) is 5.82 Å². The highest BCUT2D eigenvalue weighted by molar-refractivity contribution is 7.89. The van der Waals surface area contributed by atoms with Gasteiger partial charge in [-0.1, -0.05) is 6.92 Å². The van der Waals surface area contributed by atoms with Gasteiger partial charge in [0.05, 0.1) is 14.2 Å². The first-order valence-corrected chi connectivity index (χ1v) is 6.35. The number of hydrogen-bond donors (Lipinski definition) is 1. The molecule has 0 unspecified atom stereocenters. The smallest absolute Gasteiger partial charge is 0.243 e. The lowest BCUT2D eigenvalue weighted by atomic mass is 10.3. The average Bonchev–Trinajstić information content (AvgIpc) is 2.28. The Kier molecular flexibility index (Phi) is 4.30. The van der Waals surface area contributed by atoms with Gasteiger partial charge in [-0.25, -0.2) is 17.5 Å². The molecule has 0 atom stereocenters. The number of methoxy groups -OCH3 is 2. The molecule has 0 aromatic heterocycles. The van der Waals surface area contributed by atoms with Crippen molar-refractivity contribution >= 4 is 10.0 Å². The number of hydrogen-bond acceptors (Lipinski definition) is 4.